The van der Waals surface area contributed by atoms with E-state index in [1.165, 1.54) is 23.1 Å². The first kappa shape index (κ1) is 20.4. The number of hydrogen-bond donors (Lipinski definition) is 0. The van der Waals surface area contributed by atoms with Crippen LogP contribution >= 0.6 is 0 Å². The van der Waals surface area contributed by atoms with Gasteiger partial charge in [0.15, 0.2) is 5.78 Å². The van der Waals surface area contributed by atoms with E-state index in [1.54, 1.807) is 6.08 Å². The summed E-state index contributed by atoms with van der Waals surface area (Å²) in [6.45, 7) is 4.60. The summed E-state index contributed by atoms with van der Waals surface area (Å²) in [6.07, 6.45) is 13.3. The van der Waals surface area contributed by atoms with Crippen molar-refractivity contribution in [1.29, 1.82) is 0 Å². The van der Waals surface area contributed by atoms with Crippen molar-refractivity contribution >= 4 is 17.1 Å². The number of carbonyl (C=O) groups excluding carboxylic acids is 1. The molecule has 2 nitrogen and oxygen atoms in total. The second-order valence-electron chi connectivity index (χ2n) is 8.40. The van der Waals surface area contributed by atoms with Gasteiger partial charge in [0, 0.05) is 18.1 Å². The number of benzene rings is 2. The van der Waals surface area contributed by atoms with Gasteiger partial charge in [0.25, 0.3) is 0 Å². The zero-order valence-electron chi connectivity index (χ0n) is 17.9. The fourth-order valence-corrected chi connectivity index (χ4v) is 4.40. The van der Waals surface area contributed by atoms with E-state index < -0.39 is 0 Å². The zero-order chi connectivity index (χ0) is 20.9. The molecule has 0 radical (unpaired) electrons. The molecule has 0 aliphatic heterocycles. The first-order valence-electron chi connectivity index (χ1n) is 11.1. The van der Waals surface area contributed by atoms with Gasteiger partial charge >= 0.3 is 0 Å². The molecule has 0 N–H and O–H groups in total. The second-order valence-corrected chi connectivity index (χ2v) is 8.40. The van der Waals surface area contributed by atoms with Crippen LogP contribution in [0.5, 0.6) is 5.75 Å². The Kier molecular flexibility index (Phi) is 6.32. The fraction of sp³-hybridized carbons (Fsp3) is 0.321. The lowest BCUT2D eigenvalue weighted by molar-refractivity contribution is -0.114. The van der Waals surface area contributed by atoms with Gasteiger partial charge in [-0.05, 0) is 59.9 Å². The smallest absolute Gasteiger partial charge is 0.159 e. The molecule has 2 aromatic rings. The van der Waals surface area contributed by atoms with Crippen molar-refractivity contribution in [3.05, 3.63) is 89.5 Å². The first-order valence-corrected chi connectivity index (χ1v) is 11.1. The summed E-state index contributed by atoms with van der Waals surface area (Å²) in [4.78, 5) is 12.3. The normalized spacial score (nSPS) is 21.6. The van der Waals surface area contributed by atoms with Crippen LogP contribution in [0.15, 0.2) is 72.8 Å². The van der Waals surface area contributed by atoms with E-state index in [-0.39, 0.29) is 5.78 Å². The Morgan fingerprint density at radius 2 is 1.90 bits per heavy atom. The van der Waals surface area contributed by atoms with Gasteiger partial charge in [0.05, 0.1) is 0 Å². The summed E-state index contributed by atoms with van der Waals surface area (Å²) in [5.41, 5.74) is 4.82. The monoisotopic (exact) mass is 398 g/mol. The third-order valence-corrected chi connectivity index (χ3v) is 6.32. The van der Waals surface area contributed by atoms with Crippen molar-refractivity contribution in [3.63, 3.8) is 0 Å². The predicted octanol–water partition coefficient (Wildman–Crippen LogP) is 7.02. The van der Waals surface area contributed by atoms with E-state index in [2.05, 4.69) is 50.3 Å². The van der Waals surface area contributed by atoms with Crippen LogP contribution in [0.4, 0.5) is 0 Å². The molecule has 2 aliphatic rings. The van der Waals surface area contributed by atoms with Crippen LogP contribution in [0.1, 0.15) is 56.2 Å². The molecule has 0 heterocycles. The van der Waals surface area contributed by atoms with Crippen molar-refractivity contribution in [2.24, 2.45) is 11.8 Å². The molecule has 2 aliphatic carbocycles. The lowest BCUT2D eigenvalue weighted by Gasteiger charge is -2.18. The summed E-state index contributed by atoms with van der Waals surface area (Å²) in [5.74, 6) is 2.85. The standard InChI is InChI=1S/C28H30O2/c1-3-21-14-15-22(13-12-20(21)2)23-16-17-27-24(18-23)8-7-9-25(29)19-28(27)30-26-10-5-4-6-11-26/h4-6,10-13,15-21H,3,7-9,14H2,1-2H3. The second kappa shape index (κ2) is 9.30. The third-order valence-electron chi connectivity index (χ3n) is 6.32. The molecule has 2 atom stereocenters. The van der Waals surface area contributed by atoms with E-state index in [0.717, 1.165) is 30.6 Å². The highest BCUT2D eigenvalue weighted by Gasteiger charge is 2.19. The molecule has 0 spiro atoms. The van der Waals surface area contributed by atoms with Crippen molar-refractivity contribution < 1.29 is 9.53 Å². The van der Waals surface area contributed by atoms with Crippen LogP contribution in [0.2, 0.25) is 0 Å². The molecular weight excluding hydrogens is 368 g/mol. The molecule has 0 saturated carbocycles. The number of ketones is 1. The summed E-state index contributed by atoms with van der Waals surface area (Å²) < 4.78 is 6.15. The number of allylic oxidation sites excluding steroid dienone is 5. The largest absolute Gasteiger partial charge is 0.457 e. The van der Waals surface area contributed by atoms with Gasteiger partial charge in [-0.15, -0.1) is 0 Å². The van der Waals surface area contributed by atoms with E-state index in [4.69, 9.17) is 4.74 Å². The van der Waals surface area contributed by atoms with Gasteiger partial charge in [0.1, 0.15) is 11.5 Å². The number of carbonyl (C=O) groups is 1. The maximum absolute atomic E-state index is 12.3. The molecule has 0 fully saturated rings. The average molecular weight is 399 g/mol. The minimum Gasteiger partial charge on any atom is -0.457 e. The van der Waals surface area contributed by atoms with Gasteiger partial charge in [-0.2, -0.15) is 0 Å². The Morgan fingerprint density at radius 1 is 1.07 bits per heavy atom. The van der Waals surface area contributed by atoms with Gasteiger partial charge in [-0.25, -0.2) is 0 Å². The summed E-state index contributed by atoms with van der Waals surface area (Å²) in [7, 11) is 0. The van der Waals surface area contributed by atoms with Crippen LogP contribution in [-0.4, -0.2) is 5.78 Å². The van der Waals surface area contributed by atoms with E-state index in [0.29, 0.717) is 24.0 Å². The Bertz CT molecular complexity index is 995. The van der Waals surface area contributed by atoms with Crippen LogP contribution in [0, 0.1) is 11.8 Å². The van der Waals surface area contributed by atoms with E-state index >= 15 is 0 Å². The molecule has 30 heavy (non-hydrogen) atoms. The third kappa shape index (κ3) is 4.64. The zero-order valence-corrected chi connectivity index (χ0v) is 17.9. The van der Waals surface area contributed by atoms with E-state index in [9.17, 15) is 4.79 Å². The van der Waals surface area contributed by atoms with E-state index in [1.807, 2.05) is 30.3 Å². The van der Waals surface area contributed by atoms with Crippen molar-refractivity contribution in [1.82, 2.24) is 0 Å². The Hall–Kier alpha value is -2.87. The molecule has 0 saturated heterocycles. The molecular formula is C28H30O2. The Morgan fingerprint density at radius 3 is 2.70 bits per heavy atom. The Labute approximate surface area is 180 Å². The van der Waals surface area contributed by atoms with Crippen LogP contribution in [0.3, 0.4) is 0 Å². The number of aryl methyl sites for hydroxylation is 1. The highest BCUT2D eigenvalue weighted by atomic mass is 16.5. The average Bonchev–Trinajstić information content (AvgIpc) is 2.94. The SMILES string of the molecule is CCC1CC=C(c2ccc3c(c2)CCCC(=O)C=C3Oc2ccccc2)C=CC1C. The van der Waals surface area contributed by atoms with Gasteiger partial charge in [-0.3, -0.25) is 4.79 Å². The number of fused-ring (bicyclic) bond motifs is 1. The highest BCUT2D eigenvalue weighted by molar-refractivity contribution is 5.96. The molecule has 0 amide bonds. The highest BCUT2D eigenvalue weighted by Crippen LogP contribution is 2.33. The lowest BCUT2D eigenvalue weighted by Crippen LogP contribution is -2.08. The predicted molar refractivity (Wildman–Crippen MR) is 124 cm³/mol. The molecule has 0 aromatic heterocycles. The molecule has 2 unspecified atom stereocenters. The first-order chi connectivity index (χ1) is 14.6. The molecule has 154 valence electrons. The molecule has 2 aromatic carbocycles. The minimum atomic E-state index is 0.129. The topological polar surface area (TPSA) is 26.3 Å². The van der Waals surface area contributed by atoms with Crippen molar-refractivity contribution in [2.45, 2.75) is 46.0 Å². The Balaban J connectivity index is 1.69. The summed E-state index contributed by atoms with van der Waals surface area (Å²) in [6, 6.07) is 16.3. The van der Waals surface area contributed by atoms with Gasteiger partial charge < -0.3 is 4.74 Å². The van der Waals surface area contributed by atoms with Crippen LogP contribution in [-0.2, 0) is 11.2 Å². The molecule has 2 heteroatoms. The number of rotatable bonds is 4. The lowest BCUT2D eigenvalue weighted by atomic mass is 9.89. The van der Waals surface area contributed by atoms with Gasteiger partial charge in [-0.1, -0.05) is 74.9 Å². The minimum absolute atomic E-state index is 0.129. The van der Waals surface area contributed by atoms with Gasteiger partial charge in [0.2, 0.25) is 0 Å². The maximum Gasteiger partial charge on any atom is 0.159 e. The number of ether oxygens (including phenoxy) is 1. The maximum atomic E-state index is 12.3. The van der Waals surface area contributed by atoms with Crippen LogP contribution in [0.25, 0.3) is 11.3 Å². The molecule has 0 bridgehead atoms. The number of hydrogen-bond acceptors (Lipinski definition) is 2. The molecule has 4 rings (SSSR count). The van der Waals surface area contributed by atoms with Crippen molar-refractivity contribution in [3.8, 4) is 5.75 Å². The van der Waals surface area contributed by atoms with Crippen LogP contribution < -0.4 is 4.74 Å². The number of para-hydroxylation sites is 1. The summed E-state index contributed by atoms with van der Waals surface area (Å²) in [5, 5.41) is 0. The van der Waals surface area contributed by atoms with Crippen molar-refractivity contribution in [2.75, 3.05) is 0 Å². The fourth-order valence-electron chi connectivity index (χ4n) is 4.40. The summed E-state index contributed by atoms with van der Waals surface area (Å²) >= 11 is 0. The quantitative estimate of drug-likeness (QED) is 0.553.